The molecule has 0 saturated heterocycles. The lowest BCUT2D eigenvalue weighted by Crippen LogP contribution is -2.04. The summed E-state index contributed by atoms with van der Waals surface area (Å²) in [6, 6.07) is 0. The molecule has 8 nitrogen and oxygen atoms in total. The molecule has 9 heteroatoms. The summed E-state index contributed by atoms with van der Waals surface area (Å²) in [5.41, 5.74) is 4.53. The Balaban J connectivity index is -0.0000000457. The SMILES string of the molecule is C=CC(N)=O.N.N.O=S(=O)(O)O. The average molecular weight is 203 g/mol. The van der Waals surface area contributed by atoms with Crippen LogP contribution in [0.5, 0.6) is 0 Å². The van der Waals surface area contributed by atoms with Gasteiger partial charge in [0.1, 0.15) is 0 Å². The zero-order valence-corrected chi connectivity index (χ0v) is 7.12. The van der Waals surface area contributed by atoms with Crippen molar-refractivity contribution in [3.05, 3.63) is 12.7 Å². The van der Waals surface area contributed by atoms with Crippen molar-refractivity contribution in [2.45, 2.75) is 0 Å². The quantitative estimate of drug-likeness (QED) is 0.275. The van der Waals surface area contributed by atoms with E-state index in [1.54, 1.807) is 0 Å². The van der Waals surface area contributed by atoms with Gasteiger partial charge in [-0.1, -0.05) is 6.58 Å². The molecule has 0 fully saturated rings. The van der Waals surface area contributed by atoms with E-state index >= 15 is 0 Å². The van der Waals surface area contributed by atoms with Gasteiger partial charge in [0.05, 0.1) is 0 Å². The first kappa shape index (κ1) is 22.4. The summed E-state index contributed by atoms with van der Waals surface area (Å²) in [4.78, 5) is 9.47. The molecule has 0 rings (SSSR count). The molecule has 0 aromatic heterocycles. The summed E-state index contributed by atoms with van der Waals surface area (Å²) < 4.78 is 31.6. The minimum absolute atomic E-state index is 0. The van der Waals surface area contributed by atoms with Gasteiger partial charge in [0.15, 0.2) is 0 Å². The van der Waals surface area contributed by atoms with Crippen LogP contribution in [0.1, 0.15) is 0 Å². The van der Waals surface area contributed by atoms with E-state index in [1.165, 1.54) is 0 Å². The van der Waals surface area contributed by atoms with Gasteiger partial charge in [0, 0.05) is 0 Å². The van der Waals surface area contributed by atoms with Gasteiger partial charge < -0.3 is 18.0 Å². The summed E-state index contributed by atoms with van der Waals surface area (Å²) in [5.74, 6) is -0.481. The Morgan fingerprint density at radius 2 is 1.42 bits per heavy atom. The van der Waals surface area contributed by atoms with Crippen LogP contribution in [0.2, 0.25) is 0 Å². The van der Waals surface area contributed by atoms with Crippen LogP contribution in [0.15, 0.2) is 12.7 Å². The third-order valence-electron chi connectivity index (χ3n) is 0.201. The van der Waals surface area contributed by atoms with Crippen molar-refractivity contribution < 1.29 is 22.3 Å². The van der Waals surface area contributed by atoms with Gasteiger partial charge in [-0.3, -0.25) is 13.9 Å². The van der Waals surface area contributed by atoms with Crippen molar-refractivity contribution in [2.75, 3.05) is 0 Å². The number of rotatable bonds is 1. The first-order chi connectivity index (χ1) is 4.27. The molecule has 0 aliphatic rings. The minimum atomic E-state index is -4.67. The van der Waals surface area contributed by atoms with Crippen molar-refractivity contribution >= 4 is 16.3 Å². The molecule has 0 heterocycles. The first-order valence-corrected chi connectivity index (χ1v) is 3.29. The van der Waals surface area contributed by atoms with E-state index in [9.17, 15) is 4.79 Å². The number of carbonyl (C=O) groups is 1. The van der Waals surface area contributed by atoms with Gasteiger partial charge in [-0.2, -0.15) is 8.42 Å². The molecule has 0 radical (unpaired) electrons. The maximum atomic E-state index is 9.47. The van der Waals surface area contributed by atoms with Crippen molar-refractivity contribution in [2.24, 2.45) is 5.73 Å². The highest BCUT2D eigenvalue weighted by molar-refractivity contribution is 7.79. The van der Waals surface area contributed by atoms with E-state index in [2.05, 4.69) is 12.3 Å². The third kappa shape index (κ3) is 576. The molecule has 0 aliphatic heterocycles. The largest absolute Gasteiger partial charge is 0.394 e. The second kappa shape index (κ2) is 10.0. The second-order valence-corrected chi connectivity index (χ2v) is 1.95. The predicted octanol–water partition coefficient (Wildman–Crippen LogP) is -0.671. The van der Waals surface area contributed by atoms with Crippen LogP contribution < -0.4 is 18.0 Å². The third-order valence-corrected chi connectivity index (χ3v) is 0.201. The van der Waals surface area contributed by atoms with E-state index in [0.717, 1.165) is 6.08 Å². The minimum Gasteiger partial charge on any atom is -0.366 e. The topological polar surface area (TPSA) is 188 Å². The van der Waals surface area contributed by atoms with Crippen LogP contribution in [-0.2, 0) is 15.2 Å². The number of carbonyl (C=O) groups excluding carboxylic acids is 1. The fourth-order valence-corrected chi connectivity index (χ4v) is 0. The van der Waals surface area contributed by atoms with Gasteiger partial charge in [-0.15, -0.1) is 0 Å². The Hall–Kier alpha value is -1.00. The molecule has 1 amide bonds. The van der Waals surface area contributed by atoms with Crippen molar-refractivity contribution in [3.8, 4) is 0 Å². The van der Waals surface area contributed by atoms with Crippen LogP contribution in [0, 0.1) is 0 Å². The van der Waals surface area contributed by atoms with E-state index < -0.39 is 16.3 Å². The maximum absolute atomic E-state index is 9.47. The number of hydrogen-bond acceptors (Lipinski definition) is 5. The molecule has 0 atom stereocenters. The van der Waals surface area contributed by atoms with Crippen LogP contribution in [0.4, 0.5) is 0 Å². The molecule has 0 aromatic rings. The van der Waals surface area contributed by atoms with Crippen LogP contribution in [0.3, 0.4) is 0 Å². The first-order valence-electron chi connectivity index (χ1n) is 1.89. The lowest BCUT2D eigenvalue weighted by molar-refractivity contribution is -0.113. The highest BCUT2D eigenvalue weighted by atomic mass is 32.3. The average Bonchev–Trinajstić information content (AvgIpc) is 1.61. The standard InChI is InChI=1S/C3H5NO.2H3N.H2O4S/c1-2-3(4)5;;;1-5(2,3)4/h2H,1H2,(H2,4,5);2*1H3;(H2,1,2,3,4). The smallest absolute Gasteiger partial charge is 0.366 e. The Morgan fingerprint density at radius 3 is 1.42 bits per heavy atom. The van der Waals surface area contributed by atoms with Crippen LogP contribution >= 0.6 is 0 Å². The molecular formula is C3H13N3O5S. The van der Waals surface area contributed by atoms with Crippen LogP contribution in [0.25, 0.3) is 0 Å². The summed E-state index contributed by atoms with van der Waals surface area (Å²) in [6.07, 6.45) is 1.06. The number of amides is 1. The summed E-state index contributed by atoms with van der Waals surface area (Å²) in [7, 11) is -4.67. The van der Waals surface area contributed by atoms with E-state index in [1.807, 2.05) is 0 Å². The molecular weight excluding hydrogens is 190 g/mol. The fraction of sp³-hybridized carbons (Fsp3) is 0. The van der Waals surface area contributed by atoms with Crippen molar-refractivity contribution in [1.82, 2.24) is 12.3 Å². The zero-order valence-electron chi connectivity index (χ0n) is 6.30. The van der Waals surface area contributed by atoms with Gasteiger partial charge in [0.25, 0.3) is 0 Å². The number of primary amides is 1. The normalized spacial score (nSPS) is 7.50. The second-order valence-electron chi connectivity index (χ2n) is 1.05. The monoisotopic (exact) mass is 203 g/mol. The Kier molecular flexibility index (Phi) is 18.7. The zero-order chi connectivity index (χ0) is 8.78. The molecule has 0 aromatic carbocycles. The molecule has 10 N–H and O–H groups in total. The summed E-state index contributed by atoms with van der Waals surface area (Å²) in [5, 5.41) is 0. The number of hydrogen-bond donors (Lipinski definition) is 5. The molecule has 0 unspecified atom stereocenters. The van der Waals surface area contributed by atoms with Gasteiger partial charge in [-0.25, -0.2) is 0 Å². The molecule has 76 valence electrons. The Morgan fingerprint density at radius 1 is 1.33 bits per heavy atom. The van der Waals surface area contributed by atoms with E-state index in [0.29, 0.717) is 0 Å². The van der Waals surface area contributed by atoms with Gasteiger partial charge in [0.2, 0.25) is 5.91 Å². The van der Waals surface area contributed by atoms with Gasteiger partial charge >= 0.3 is 10.4 Å². The summed E-state index contributed by atoms with van der Waals surface area (Å²) in [6.45, 7) is 3.09. The maximum Gasteiger partial charge on any atom is 0.394 e. The fourth-order valence-electron chi connectivity index (χ4n) is 0. The predicted molar refractivity (Wildman–Crippen MR) is 43.6 cm³/mol. The number of nitrogens with two attached hydrogens (primary N) is 1. The van der Waals surface area contributed by atoms with Gasteiger partial charge in [-0.05, 0) is 6.08 Å². The van der Waals surface area contributed by atoms with E-state index in [-0.39, 0.29) is 12.3 Å². The van der Waals surface area contributed by atoms with Crippen LogP contribution in [-0.4, -0.2) is 23.4 Å². The Bertz CT molecular complexity index is 202. The molecule has 0 spiro atoms. The lowest BCUT2D eigenvalue weighted by atomic mass is 10.6. The molecule has 12 heavy (non-hydrogen) atoms. The lowest BCUT2D eigenvalue weighted by Gasteiger charge is -1.68. The Labute approximate surface area is 70.2 Å². The van der Waals surface area contributed by atoms with Crippen molar-refractivity contribution in [1.29, 1.82) is 0 Å². The molecule has 0 saturated carbocycles. The molecule has 0 bridgehead atoms. The highest BCUT2D eigenvalue weighted by Crippen LogP contribution is 1.59. The van der Waals surface area contributed by atoms with Crippen molar-refractivity contribution in [3.63, 3.8) is 0 Å². The van der Waals surface area contributed by atoms with E-state index in [4.69, 9.17) is 17.5 Å². The highest BCUT2D eigenvalue weighted by Gasteiger charge is 1.84. The molecule has 0 aliphatic carbocycles. The summed E-state index contributed by atoms with van der Waals surface area (Å²) >= 11 is 0.